The van der Waals surface area contributed by atoms with Crippen LogP contribution >= 0.6 is 0 Å². The van der Waals surface area contributed by atoms with Crippen molar-refractivity contribution in [1.82, 2.24) is 21.1 Å². The highest BCUT2D eigenvalue weighted by Gasteiger charge is 2.54. The Hall–Kier alpha value is -3.88. The topological polar surface area (TPSA) is 117 Å². The van der Waals surface area contributed by atoms with Crippen molar-refractivity contribution < 1.29 is 23.9 Å². The maximum Gasteiger partial charge on any atom is 0.325 e. The van der Waals surface area contributed by atoms with Gasteiger partial charge in [0.25, 0.3) is 17.7 Å². The predicted molar refractivity (Wildman–Crippen MR) is 133 cm³/mol. The summed E-state index contributed by atoms with van der Waals surface area (Å²) in [4.78, 5) is 51.7. The SMILES string of the molecule is CCCCCCOc1ccc(C(=O)NNC(=O)CN2C(=O)NC3(CCCc4ccccc43)C2=O)cc1. The molecule has 3 N–H and O–H groups in total. The average Bonchev–Trinajstić information content (AvgIpc) is 3.12. The van der Waals surface area contributed by atoms with E-state index in [1.165, 1.54) is 6.42 Å². The molecule has 1 saturated heterocycles. The fourth-order valence-electron chi connectivity index (χ4n) is 4.76. The summed E-state index contributed by atoms with van der Waals surface area (Å²) in [6, 6.07) is 13.5. The van der Waals surface area contributed by atoms with Crippen molar-refractivity contribution in [3.05, 3.63) is 65.2 Å². The summed E-state index contributed by atoms with van der Waals surface area (Å²) in [5, 5.41) is 2.81. The average molecular weight is 493 g/mol. The van der Waals surface area contributed by atoms with Crippen molar-refractivity contribution in [2.24, 2.45) is 0 Å². The fraction of sp³-hybridized carbons (Fsp3) is 0.407. The quantitative estimate of drug-likeness (QED) is 0.282. The van der Waals surface area contributed by atoms with Crippen molar-refractivity contribution in [3.8, 4) is 5.75 Å². The van der Waals surface area contributed by atoms with E-state index in [1.54, 1.807) is 24.3 Å². The van der Waals surface area contributed by atoms with Crippen LogP contribution in [0.25, 0.3) is 0 Å². The Morgan fingerprint density at radius 3 is 2.58 bits per heavy atom. The molecule has 1 spiro atoms. The highest BCUT2D eigenvalue weighted by molar-refractivity contribution is 6.09. The Morgan fingerprint density at radius 2 is 1.81 bits per heavy atom. The number of hydrogen-bond acceptors (Lipinski definition) is 5. The van der Waals surface area contributed by atoms with E-state index >= 15 is 0 Å². The normalized spacial score (nSPS) is 18.5. The first-order valence-corrected chi connectivity index (χ1v) is 12.5. The molecule has 1 heterocycles. The minimum Gasteiger partial charge on any atom is -0.494 e. The number of carbonyl (C=O) groups excluding carboxylic acids is 4. The number of hydrazine groups is 1. The minimum atomic E-state index is -1.14. The van der Waals surface area contributed by atoms with Crippen LogP contribution in [0.15, 0.2) is 48.5 Å². The number of nitrogens with zero attached hydrogens (tertiary/aromatic N) is 1. The lowest BCUT2D eigenvalue weighted by Crippen LogP contribution is -2.49. The zero-order valence-electron chi connectivity index (χ0n) is 20.5. The number of amides is 5. The number of aryl methyl sites for hydroxylation is 1. The first-order chi connectivity index (χ1) is 17.4. The van der Waals surface area contributed by atoms with Gasteiger partial charge in [-0.1, -0.05) is 50.5 Å². The Kier molecular flexibility index (Phi) is 7.87. The van der Waals surface area contributed by atoms with E-state index < -0.39 is 35.8 Å². The fourth-order valence-corrected chi connectivity index (χ4v) is 4.76. The van der Waals surface area contributed by atoms with Crippen molar-refractivity contribution in [3.63, 3.8) is 0 Å². The molecule has 1 unspecified atom stereocenters. The Labute approximate surface area is 210 Å². The highest BCUT2D eigenvalue weighted by Crippen LogP contribution is 2.39. The van der Waals surface area contributed by atoms with Crippen LogP contribution in [0.4, 0.5) is 4.79 Å². The van der Waals surface area contributed by atoms with E-state index in [0.717, 1.165) is 48.1 Å². The highest BCUT2D eigenvalue weighted by atomic mass is 16.5. The molecule has 2 aromatic rings. The standard InChI is InChI=1S/C27H32N4O5/c1-2-3-4-7-17-36-21-14-12-20(13-15-21)24(33)30-29-23(32)18-31-25(34)27(28-26(31)35)16-8-10-19-9-5-6-11-22(19)27/h5-6,9,11-15H,2-4,7-8,10,16-18H2,1H3,(H,28,35)(H,29,32)(H,30,33). The molecule has 9 nitrogen and oxygen atoms in total. The predicted octanol–water partition coefficient (Wildman–Crippen LogP) is 3.19. The van der Waals surface area contributed by atoms with E-state index in [9.17, 15) is 19.2 Å². The smallest absolute Gasteiger partial charge is 0.325 e. The van der Waals surface area contributed by atoms with Crippen LogP contribution in [0.3, 0.4) is 0 Å². The molecule has 9 heteroatoms. The maximum absolute atomic E-state index is 13.3. The molecule has 0 bridgehead atoms. The summed E-state index contributed by atoms with van der Waals surface area (Å²) < 4.78 is 5.67. The van der Waals surface area contributed by atoms with E-state index in [-0.39, 0.29) is 0 Å². The zero-order chi connectivity index (χ0) is 25.5. The lowest BCUT2D eigenvalue weighted by atomic mass is 9.76. The number of carbonyl (C=O) groups is 4. The van der Waals surface area contributed by atoms with Gasteiger partial charge in [-0.05, 0) is 61.1 Å². The van der Waals surface area contributed by atoms with E-state index in [4.69, 9.17) is 4.74 Å². The molecule has 2 aliphatic rings. The van der Waals surface area contributed by atoms with Crippen molar-refractivity contribution in [1.29, 1.82) is 0 Å². The van der Waals surface area contributed by atoms with Crippen LogP contribution in [-0.2, 0) is 21.5 Å². The summed E-state index contributed by atoms with van der Waals surface area (Å²) in [5.41, 5.74) is 5.60. The molecule has 190 valence electrons. The summed E-state index contributed by atoms with van der Waals surface area (Å²) in [7, 11) is 0. The van der Waals surface area contributed by atoms with Gasteiger partial charge in [-0.3, -0.25) is 30.1 Å². The van der Waals surface area contributed by atoms with Crippen LogP contribution in [-0.4, -0.2) is 41.8 Å². The molecule has 1 aliphatic carbocycles. The molecule has 0 saturated carbocycles. The van der Waals surface area contributed by atoms with Gasteiger partial charge in [-0.25, -0.2) is 4.79 Å². The minimum absolute atomic E-state index is 0.335. The third-order valence-corrected chi connectivity index (χ3v) is 6.65. The summed E-state index contributed by atoms with van der Waals surface area (Å²) in [6.45, 7) is 2.28. The summed E-state index contributed by atoms with van der Waals surface area (Å²) in [5.74, 6) is -0.983. The largest absolute Gasteiger partial charge is 0.494 e. The first kappa shape index (κ1) is 25.2. The second-order valence-corrected chi connectivity index (χ2v) is 9.17. The second kappa shape index (κ2) is 11.2. The summed E-state index contributed by atoms with van der Waals surface area (Å²) >= 11 is 0. The van der Waals surface area contributed by atoms with Crippen molar-refractivity contribution in [2.75, 3.05) is 13.2 Å². The molecule has 4 rings (SSSR count). The number of rotatable bonds is 9. The number of benzene rings is 2. The molecular formula is C27H32N4O5. The number of unbranched alkanes of at least 4 members (excludes halogenated alkanes) is 3. The Bertz CT molecular complexity index is 1130. The van der Waals surface area contributed by atoms with E-state index in [2.05, 4.69) is 23.1 Å². The Morgan fingerprint density at radius 1 is 1.03 bits per heavy atom. The molecule has 0 aromatic heterocycles. The van der Waals surface area contributed by atoms with Crippen LogP contribution in [0, 0.1) is 0 Å². The van der Waals surface area contributed by atoms with Gasteiger partial charge in [0.1, 0.15) is 17.8 Å². The zero-order valence-corrected chi connectivity index (χ0v) is 20.5. The molecule has 1 aliphatic heterocycles. The van der Waals surface area contributed by atoms with Crippen LogP contribution < -0.4 is 20.9 Å². The molecule has 1 fully saturated rings. The van der Waals surface area contributed by atoms with Gasteiger partial charge in [0.2, 0.25) is 0 Å². The summed E-state index contributed by atoms with van der Waals surface area (Å²) in [6.07, 6.45) is 6.50. The number of ether oxygens (including phenoxy) is 1. The van der Waals surface area contributed by atoms with Crippen molar-refractivity contribution in [2.45, 2.75) is 57.4 Å². The van der Waals surface area contributed by atoms with E-state index in [0.29, 0.717) is 24.3 Å². The number of imide groups is 1. The third-order valence-electron chi connectivity index (χ3n) is 6.65. The van der Waals surface area contributed by atoms with Crippen LogP contribution in [0.2, 0.25) is 0 Å². The molecule has 5 amide bonds. The number of fused-ring (bicyclic) bond motifs is 2. The monoisotopic (exact) mass is 492 g/mol. The van der Waals surface area contributed by atoms with Gasteiger partial charge >= 0.3 is 6.03 Å². The lowest BCUT2D eigenvalue weighted by Gasteiger charge is -2.33. The van der Waals surface area contributed by atoms with Crippen LogP contribution in [0.5, 0.6) is 5.75 Å². The second-order valence-electron chi connectivity index (χ2n) is 9.17. The molecular weight excluding hydrogens is 460 g/mol. The number of hydrogen-bond donors (Lipinski definition) is 3. The molecule has 2 aromatic carbocycles. The molecule has 1 atom stereocenters. The number of nitrogens with one attached hydrogen (secondary N) is 3. The van der Waals surface area contributed by atoms with Crippen LogP contribution in [0.1, 0.15) is 66.9 Å². The van der Waals surface area contributed by atoms with Gasteiger partial charge in [-0.15, -0.1) is 0 Å². The third kappa shape index (κ3) is 5.35. The first-order valence-electron chi connectivity index (χ1n) is 12.5. The maximum atomic E-state index is 13.3. The van der Waals surface area contributed by atoms with Gasteiger partial charge in [0.15, 0.2) is 0 Å². The van der Waals surface area contributed by atoms with E-state index in [1.807, 2.05) is 24.3 Å². The Balaban J connectivity index is 1.28. The lowest BCUT2D eigenvalue weighted by molar-refractivity contribution is -0.135. The van der Waals surface area contributed by atoms with Crippen molar-refractivity contribution >= 4 is 23.8 Å². The molecule has 0 radical (unpaired) electrons. The number of urea groups is 1. The van der Waals surface area contributed by atoms with Gasteiger partial charge in [0.05, 0.1) is 6.61 Å². The van der Waals surface area contributed by atoms with Gasteiger partial charge < -0.3 is 10.1 Å². The van der Waals surface area contributed by atoms with Gasteiger partial charge in [0, 0.05) is 5.56 Å². The van der Waals surface area contributed by atoms with Gasteiger partial charge in [-0.2, -0.15) is 0 Å². The molecule has 36 heavy (non-hydrogen) atoms.